The van der Waals surface area contributed by atoms with Crippen molar-refractivity contribution in [1.29, 1.82) is 0 Å². The maximum Gasteiger partial charge on any atom is 0.238 e. The van der Waals surface area contributed by atoms with Crippen molar-refractivity contribution < 1.29 is 9.21 Å². The first-order chi connectivity index (χ1) is 17.5. The van der Waals surface area contributed by atoms with E-state index in [2.05, 4.69) is 15.6 Å². The van der Waals surface area contributed by atoms with Gasteiger partial charge in [0, 0.05) is 16.3 Å². The Hall–Kier alpha value is -3.71. The molecule has 0 aliphatic rings. The lowest BCUT2D eigenvalue weighted by Gasteiger charge is -2.18. The van der Waals surface area contributed by atoms with Gasteiger partial charge in [-0.05, 0) is 53.7 Å². The van der Waals surface area contributed by atoms with E-state index >= 15 is 0 Å². The first-order valence-electron chi connectivity index (χ1n) is 11.1. The summed E-state index contributed by atoms with van der Waals surface area (Å²) in [5, 5.41) is 6.96. The number of rotatable bonds is 5. The standard InChI is InChI=1S/C28H19Cl2N3O2S/c29-20-15-22(30)25-23(16-20)32-27(35-25)19-12-7-13-21(14-19)31-28(36)33-26(34)24(17-8-3-1-4-9-17)18-10-5-2-6-11-18/h1-16,24H,(H2,31,33,34,36). The minimum Gasteiger partial charge on any atom is -0.435 e. The first-order valence-corrected chi connectivity index (χ1v) is 12.2. The number of nitrogens with one attached hydrogen (secondary N) is 2. The predicted octanol–water partition coefficient (Wildman–Crippen LogP) is 7.45. The second-order valence-electron chi connectivity index (χ2n) is 8.03. The van der Waals surface area contributed by atoms with Crippen molar-refractivity contribution in [2.45, 2.75) is 5.92 Å². The average Bonchev–Trinajstić information content (AvgIpc) is 3.30. The third-order valence-electron chi connectivity index (χ3n) is 5.54. The van der Waals surface area contributed by atoms with E-state index < -0.39 is 5.92 Å². The third-order valence-corrected chi connectivity index (χ3v) is 6.24. The second-order valence-corrected chi connectivity index (χ2v) is 9.29. The van der Waals surface area contributed by atoms with Crippen molar-refractivity contribution in [1.82, 2.24) is 10.3 Å². The smallest absolute Gasteiger partial charge is 0.238 e. The highest BCUT2D eigenvalue weighted by molar-refractivity contribution is 7.80. The molecule has 0 aliphatic heterocycles. The van der Waals surface area contributed by atoms with Gasteiger partial charge in [0.2, 0.25) is 11.8 Å². The molecule has 0 saturated carbocycles. The quantitative estimate of drug-likeness (QED) is 0.230. The Labute approximate surface area is 223 Å². The van der Waals surface area contributed by atoms with Crippen LogP contribution in [0.1, 0.15) is 17.0 Å². The summed E-state index contributed by atoms with van der Waals surface area (Å²) in [5.74, 6) is -0.345. The van der Waals surface area contributed by atoms with Crippen LogP contribution in [0.15, 0.2) is 101 Å². The molecule has 0 atom stereocenters. The van der Waals surface area contributed by atoms with Crippen molar-refractivity contribution in [3.8, 4) is 11.5 Å². The summed E-state index contributed by atoms with van der Waals surface area (Å²) < 4.78 is 5.86. The molecule has 8 heteroatoms. The van der Waals surface area contributed by atoms with Gasteiger partial charge in [-0.3, -0.25) is 4.79 Å². The highest BCUT2D eigenvalue weighted by atomic mass is 35.5. The molecule has 1 heterocycles. The largest absolute Gasteiger partial charge is 0.435 e. The molecule has 36 heavy (non-hydrogen) atoms. The monoisotopic (exact) mass is 531 g/mol. The number of anilines is 1. The van der Waals surface area contributed by atoms with Gasteiger partial charge in [0.15, 0.2) is 10.7 Å². The Morgan fingerprint density at radius 2 is 1.53 bits per heavy atom. The van der Waals surface area contributed by atoms with E-state index in [1.165, 1.54) is 0 Å². The number of carbonyl (C=O) groups is 1. The van der Waals surface area contributed by atoms with Crippen LogP contribution in [0, 0.1) is 0 Å². The highest BCUT2D eigenvalue weighted by Crippen LogP contribution is 2.32. The maximum absolute atomic E-state index is 13.3. The van der Waals surface area contributed by atoms with Gasteiger partial charge in [0.25, 0.3) is 0 Å². The van der Waals surface area contributed by atoms with Gasteiger partial charge in [-0.1, -0.05) is 89.9 Å². The number of nitrogens with zero attached hydrogens (tertiary/aromatic N) is 1. The number of oxazole rings is 1. The summed E-state index contributed by atoms with van der Waals surface area (Å²) in [6.45, 7) is 0. The lowest BCUT2D eigenvalue weighted by Crippen LogP contribution is -2.37. The van der Waals surface area contributed by atoms with Crippen molar-refractivity contribution in [2.24, 2.45) is 0 Å². The van der Waals surface area contributed by atoms with Crippen LogP contribution in [0.25, 0.3) is 22.6 Å². The third kappa shape index (κ3) is 5.26. The van der Waals surface area contributed by atoms with Gasteiger partial charge in [0.1, 0.15) is 5.52 Å². The molecule has 5 aromatic rings. The molecule has 4 aromatic carbocycles. The summed E-state index contributed by atoms with van der Waals surface area (Å²) in [7, 11) is 0. The normalized spacial score (nSPS) is 11.0. The number of amides is 1. The first kappa shape index (κ1) is 24.0. The van der Waals surface area contributed by atoms with Crippen LogP contribution in [0.4, 0.5) is 5.69 Å². The zero-order valence-electron chi connectivity index (χ0n) is 18.7. The number of fused-ring (bicyclic) bond motifs is 1. The molecule has 0 fully saturated rings. The molecule has 1 amide bonds. The molecule has 1 aromatic heterocycles. The van der Waals surface area contributed by atoms with E-state index in [1.54, 1.807) is 12.1 Å². The average molecular weight is 532 g/mol. The van der Waals surface area contributed by atoms with Crippen molar-refractivity contribution in [2.75, 3.05) is 5.32 Å². The Balaban J connectivity index is 1.34. The molecule has 0 spiro atoms. The number of hydrogen-bond acceptors (Lipinski definition) is 4. The Kier molecular flexibility index (Phi) is 7.00. The number of aromatic nitrogens is 1. The van der Waals surface area contributed by atoms with E-state index in [0.29, 0.717) is 38.3 Å². The predicted molar refractivity (Wildman–Crippen MR) is 149 cm³/mol. The number of halogens is 2. The molecule has 178 valence electrons. The SMILES string of the molecule is O=C(NC(=S)Nc1cccc(-c2nc3cc(Cl)cc(Cl)c3o2)c1)C(c1ccccc1)c1ccccc1. The van der Waals surface area contributed by atoms with Gasteiger partial charge in [-0.25, -0.2) is 4.98 Å². The van der Waals surface area contributed by atoms with Crippen molar-refractivity contribution in [3.63, 3.8) is 0 Å². The molecule has 0 unspecified atom stereocenters. The molecule has 0 radical (unpaired) electrons. The van der Waals surface area contributed by atoms with E-state index in [1.807, 2.05) is 84.9 Å². The van der Waals surface area contributed by atoms with Gasteiger partial charge in [-0.15, -0.1) is 0 Å². The molecular weight excluding hydrogens is 513 g/mol. The van der Waals surface area contributed by atoms with Crippen LogP contribution in [0.5, 0.6) is 0 Å². The minimum absolute atomic E-state index is 0.182. The summed E-state index contributed by atoms with van der Waals surface area (Å²) in [4.78, 5) is 17.8. The Morgan fingerprint density at radius 1 is 0.861 bits per heavy atom. The van der Waals surface area contributed by atoms with E-state index in [0.717, 1.165) is 11.1 Å². The lowest BCUT2D eigenvalue weighted by molar-refractivity contribution is -0.120. The Morgan fingerprint density at radius 3 is 2.19 bits per heavy atom. The van der Waals surface area contributed by atoms with E-state index in [4.69, 9.17) is 39.8 Å². The van der Waals surface area contributed by atoms with Crippen LogP contribution in [-0.2, 0) is 4.79 Å². The Bertz CT molecular complexity index is 1520. The lowest BCUT2D eigenvalue weighted by atomic mass is 9.90. The minimum atomic E-state index is -0.505. The van der Waals surface area contributed by atoms with Crippen LogP contribution >= 0.6 is 35.4 Å². The van der Waals surface area contributed by atoms with Gasteiger partial charge < -0.3 is 15.1 Å². The highest BCUT2D eigenvalue weighted by Gasteiger charge is 2.23. The van der Waals surface area contributed by atoms with Crippen molar-refractivity contribution >= 4 is 63.2 Å². The van der Waals surface area contributed by atoms with Crippen LogP contribution < -0.4 is 10.6 Å². The topological polar surface area (TPSA) is 67.2 Å². The molecule has 0 saturated heterocycles. The number of carbonyl (C=O) groups excluding carboxylic acids is 1. The van der Waals surface area contributed by atoms with Crippen LogP contribution in [-0.4, -0.2) is 16.0 Å². The fourth-order valence-corrected chi connectivity index (χ4v) is 4.69. The van der Waals surface area contributed by atoms with Gasteiger partial charge in [0.05, 0.1) is 10.9 Å². The van der Waals surface area contributed by atoms with Gasteiger partial charge >= 0.3 is 0 Å². The summed E-state index contributed by atoms with van der Waals surface area (Å²) in [6, 6.07) is 29.8. The summed E-state index contributed by atoms with van der Waals surface area (Å²) in [6.07, 6.45) is 0. The molecular formula is C28H19Cl2N3O2S. The van der Waals surface area contributed by atoms with Crippen LogP contribution in [0.3, 0.4) is 0 Å². The number of benzene rings is 4. The second kappa shape index (κ2) is 10.5. The number of hydrogen-bond donors (Lipinski definition) is 2. The van der Waals surface area contributed by atoms with Crippen LogP contribution in [0.2, 0.25) is 10.0 Å². The molecule has 2 N–H and O–H groups in total. The molecule has 0 bridgehead atoms. The van der Waals surface area contributed by atoms with Crippen molar-refractivity contribution in [3.05, 3.63) is 118 Å². The molecule has 5 nitrogen and oxygen atoms in total. The number of thiocarbonyl (C=S) groups is 1. The maximum atomic E-state index is 13.3. The summed E-state index contributed by atoms with van der Waals surface area (Å²) in [5.41, 5.74) is 4.16. The fourth-order valence-electron chi connectivity index (χ4n) is 3.95. The summed E-state index contributed by atoms with van der Waals surface area (Å²) >= 11 is 17.8. The van der Waals surface area contributed by atoms with E-state index in [-0.39, 0.29) is 11.0 Å². The van der Waals surface area contributed by atoms with Gasteiger partial charge in [-0.2, -0.15) is 0 Å². The molecule has 0 aliphatic carbocycles. The molecule has 5 rings (SSSR count). The zero-order valence-corrected chi connectivity index (χ0v) is 21.1. The zero-order chi connectivity index (χ0) is 25.1. The fraction of sp³-hybridized carbons (Fsp3) is 0.0357. The van der Waals surface area contributed by atoms with E-state index in [9.17, 15) is 4.79 Å².